The van der Waals surface area contributed by atoms with E-state index in [2.05, 4.69) is 20.3 Å². The molecule has 1 aliphatic heterocycles. The second-order valence-electron chi connectivity index (χ2n) is 6.70. The maximum absolute atomic E-state index is 12.7. The fourth-order valence-corrected chi connectivity index (χ4v) is 4.01. The van der Waals surface area contributed by atoms with Crippen molar-refractivity contribution in [3.63, 3.8) is 0 Å². The highest BCUT2D eigenvalue weighted by Gasteiger charge is 2.29. The second kappa shape index (κ2) is 8.43. The molecule has 1 saturated heterocycles. The molecule has 2 aromatic heterocycles. The number of nitrogens with zero attached hydrogens (tertiary/aromatic N) is 4. The van der Waals surface area contributed by atoms with Gasteiger partial charge in [0.1, 0.15) is 0 Å². The first-order valence-electron chi connectivity index (χ1n) is 8.91. The van der Waals surface area contributed by atoms with E-state index in [0.29, 0.717) is 17.6 Å². The molecule has 3 heterocycles. The van der Waals surface area contributed by atoms with Gasteiger partial charge < -0.3 is 15.0 Å². The molecule has 0 radical (unpaired) electrons. The molecule has 1 atom stereocenters. The average Bonchev–Trinajstić information content (AvgIpc) is 3.12. The number of thiazole rings is 1. The maximum Gasteiger partial charge on any atom is 0.357 e. The Balaban J connectivity index is 1.70. The van der Waals surface area contributed by atoms with Crippen LogP contribution in [-0.4, -0.2) is 47.0 Å². The van der Waals surface area contributed by atoms with Gasteiger partial charge in [-0.3, -0.25) is 4.79 Å². The minimum absolute atomic E-state index is 0.101. The van der Waals surface area contributed by atoms with Crippen LogP contribution in [-0.2, 0) is 9.53 Å². The van der Waals surface area contributed by atoms with Crippen molar-refractivity contribution < 1.29 is 14.3 Å². The van der Waals surface area contributed by atoms with E-state index >= 15 is 0 Å². The molecule has 0 spiro atoms. The molecule has 9 heteroatoms. The monoisotopic (exact) mass is 389 g/mol. The van der Waals surface area contributed by atoms with E-state index < -0.39 is 5.97 Å². The minimum Gasteiger partial charge on any atom is -0.464 e. The first kappa shape index (κ1) is 19.2. The summed E-state index contributed by atoms with van der Waals surface area (Å²) in [6, 6.07) is 1.77. The average molecular weight is 389 g/mol. The summed E-state index contributed by atoms with van der Waals surface area (Å²) in [6.07, 6.45) is 5.08. The lowest BCUT2D eigenvalue weighted by molar-refractivity contribution is -0.120. The fourth-order valence-electron chi connectivity index (χ4n) is 3.05. The van der Waals surface area contributed by atoms with Gasteiger partial charge in [-0.2, -0.15) is 0 Å². The molecule has 144 valence electrons. The van der Waals surface area contributed by atoms with Crippen LogP contribution in [0.2, 0.25) is 0 Å². The summed E-state index contributed by atoms with van der Waals surface area (Å²) in [6.45, 7) is 5.34. The quantitative estimate of drug-likeness (QED) is 0.785. The van der Waals surface area contributed by atoms with Gasteiger partial charge in [0, 0.05) is 30.4 Å². The third-order valence-electron chi connectivity index (χ3n) is 4.41. The van der Waals surface area contributed by atoms with Crippen LogP contribution < -0.4 is 10.2 Å². The number of methoxy groups -OCH3 is 1. The van der Waals surface area contributed by atoms with Crippen LogP contribution in [0.5, 0.6) is 0 Å². The first-order valence-corrected chi connectivity index (χ1v) is 9.73. The minimum atomic E-state index is -0.486. The van der Waals surface area contributed by atoms with Crippen LogP contribution in [0, 0.1) is 5.92 Å². The number of amides is 1. The predicted molar refractivity (Wildman–Crippen MR) is 103 cm³/mol. The highest BCUT2D eigenvalue weighted by Crippen LogP contribution is 2.31. The number of ether oxygens (including phenoxy) is 1. The van der Waals surface area contributed by atoms with Crippen molar-refractivity contribution in [2.45, 2.75) is 32.6 Å². The van der Waals surface area contributed by atoms with Crippen LogP contribution in [0.15, 0.2) is 18.5 Å². The summed E-state index contributed by atoms with van der Waals surface area (Å²) in [5.41, 5.74) is 0.274. The molecule has 0 aliphatic carbocycles. The van der Waals surface area contributed by atoms with Gasteiger partial charge in [-0.25, -0.2) is 19.7 Å². The topological polar surface area (TPSA) is 97.3 Å². The van der Waals surface area contributed by atoms with Crippen molar-refractivity contribution in [3.05, 3.63) is 29.0 Å². The molecule has 27 heavy (non-hydrogen) atoms. The molecule has 1 amide bonds. The molecule has 0 aromatic carbocycles. The number of esters is 1. The highest BCUT2D eigenvalue weighted by molar-refractivity contribution is 7.16. The summed E-state index contributed by atoms with van der Waals surface area (Å²) in [5.74, 6) is -0.0193. The largest absolute Gasteiger partial charge is 0.464 e. The Hall–Kier alpha value is -2.55. The van der Waals surface area contributed by atoms with Crippen LogP contribution in [0.25, 0.3) is 0 Å². The fraction of sp³-hybridized carbons (Fsp3) is 0.500. The van der Waals surface area contributed by atoms with Gasteiger partial charge >= 0.3 is 5.97 Å². The Kier molecular flexibility index (Phi) is 6.00. The summed E-state index contributed by atoms with van der Waals surface area (Å²) in [5, 5.41) is 3.30. The second-order valence-corrected chi connectivity index (χ2v) is 7.73. The first-order chi connectivity index (χ1) is 13.0. The molecule has 2 aromatic rings. The number of carbonyl (C=O) groups is 2. The van der Waals surface area contributed by atoms with Crippen LogP contribution in [0.4, 0.5) is 11.1 Å². The van der Waals surface area contributed by atoms with Crippen molar-refractivity contribution in [1.82, 2.24) is 15.0 Å². The van der Waals surface area contributed by atoms with Crippen molar-refractivity contribution >= 4 is 34.3 Å². The molecule has 1 N–H and O–H groups in total. The summed E-state index contributed by atoms with van der Waals surface area (Å²) in [7, 11) is 1.33. The lowest BCUT2D eigenvalue weighted by atomic mass is 9.97. The van der Waals surface area contributed by atoms with Gasteiger partial charge in [0.25, 0.3) is 0 Å². The van der Waals surface area contributed by atoms with Crippen LogP contribution in [0.3, 0.4) is 0 Å². The van der Waals surface area contributed by atoms with Gasteiger partial charge in [0.05, 0.1) is 13.0 Å². The van der Waals surface area contributed by atoms with Crippen LogP contribution in [0.1, 0.15) is 48.0 Å². The zero-order valence-electron chi connectivity index (χ0n) is 15.6. The predicted octanol–water partition coefficient (Wildman–Crippen LogP) is 2.70. The molecule has 0 saturated carbocycles. The van der Waals surface area contributed by atoms with Gasteiger partial charge in [-0.05, 0) is 24.8 Å². The van der Waals surface area contributed by atoms with Gasteiger partial charge in [0.15, 0.2) is 10.8 Å². The standard InChI is InChI=1S/C18H23N5O3S/c1-11(2)14-13(16(25)26-3)21-18(27-14)22-15(24)12-6-4-9-23(10-12)17-19-7-5-8-20-17/h5,7-8,11-12H,4,6,9-10H2,1-3H3,(H,21,22,24)/t12-/m0/s1. The Morgan fingerprint density at radius 2 is 2.07 bits per heavy atom. The number of hydrogen-bond donors (Lipinski definition) is 1. The van der Waals surface area contributed by atoms with E-state index in [4.69, 9.17) is 4.74 Å². The van der Waals surface area contributed by atoms with Crippen molar-refractivity contribution in [3.8, 4) is 0 Å². The zero-order valence-corrected chi connectivity index (χ0v) is 16.5. The SMILES string of the molecule is COC(=O)c1nc(NC(=O)[C@H]2CCCN(c3ncccn3)C2)sc1C(C)C. The lowest BCUT2D eigenvalue weighted by Crippen LogP contribution is -2.41. The molecule has 8 nitrogen and oxygen atoms in total. The highest BCUT2D eigenvalue weighted by atomic mass is 32.1. The molecule has 0 unspecified atom stereocenters. The molecular weight excluding hydrogens is 366 g/mol. The van der Waals surface area contributed by atoms with E-state index in [9.17, 15) is 9.59 Å². The summed E-state index contributed by atoms with van der Waals surface area (Å²) < 4.78 is 4.80. The molecule has 3 rings (SSSR count). The number of carbonyl (C=O) groups excluding carboxylic acids is 2. The van der Waals surface area contributed by atoms with Gasteiger partial charge in [-0.15, -0.1) is 11.3 Å². The van der Waals surface area contributed by atoms with E-state index in [1.807, 2.05) is 18.7 Å². The smallest absolute Gasteiger partial charge is 0.357 e. The molecule has 1 aliphatic rings. The number of nitrogens with one attached hydrogen (secondary N) is 1. The molecule has 1 fully saturated rings. The van der Waals surface area contributed by atoms with Crippen molar-refractivity contribution in [2.24, 2.45) is 5.92 Å². The Bertz CT molecular complexity index is 809. The number of hydrogen-bond acceptors (Lipinski definition) is 8. The van der Waals surface area contributed by atoms with E-state index in [-0.39, 0.29) is 23.4 Å². The normalized spacial score (nSPS) is 17.0. The summed E-state index contributed by atoms with van der Waals surface area (Å²) >= 11 is 1.32. The molecule has 0 bridgehead atoms. The van der Waals surface area contributed by atoms with E-state index in [0.717, 1.165) is 24.3 Å². The van der Waals surface area contributed by atoms with Gasteiger partial charge in [-0.1, -0.05) is 13.8 Å². The zero-order chi connectivity index (χ0) is 19.4. The third-order valence-corrected chi connectivity index (χ3v) is 5.69. The van der Waals surface area contributed by atoms with E-state index in [1.54, 1.807) is 18.5 Å². The molecular formula is C18H23N5O3S. The van der Waals surface area contributed by atoms with Crippen molar-refractivity contribution in [2.75, 3.05) is 30.4 Å². The number of rotatable bonds is 5. The van der Waals surface area contributed by atoms with Crippen LogP contribution >= 0.6 is 11.3 Å². The summed E-state index contributed by atoms with van der Waals surface area (Å²) in [4.78, 5) is 40.3. The lowest BCUT2D eigenvalue weighted by Gasteiger charge is -2.31. The maximum atomic E-state index is 12.7. The number of piperidine rings is 1. The van der Waals surface area contributed by atoms with Crippen molar-refractivity contribution in [1.29, 1.82) is 0 Å². The number of aromatic nitrogens is 3. The third kappa shape index (κ3) is 4.41. The van der Waals surface area contributed by atoms with E-state index in [1.165, 1.54) is 18.4 Å². The van der Waals surface area contributed by atoms with Gasteiger partial charge in [0.2, 0.25) is 11.9 Å². The Morgan fingerprint density at radius 1 is 1.33 bits per heavy atom. The Labute approximate surface area is 162 Å². The Morgan fingerprint density at radius 3 is 2.74 bits per heavy atom. The number of anilines is 2.